The lowest BCUT2D eigenvalue weighted by atomic mass is 10.3. The molecule has 0 aromatic carbocycles. The molecule has 3 N–H and O–H groups in total. The average molecular weight is 379 g/mol. The molecular weight excluding hydrogens is 362 g/mol. The van der Waals surface area contributed by atoms with Gasteiger partial charge in [0.05, 0.1) is 4.92 Å². The summed E-state index contributed by atoms with van der Waals surface area (Å²) < 4.78 is 2.21. The fraction of sp³-hybridized carbons (Fsp3) is 0.357. The van der Waals surface area contributed by atoms with Gasteiger partial charge in [0, 0.05) is 19.3 Å². The molecule has 13 nitrogen and oxygen atoms in total. The first kappa shape index (κ1) is 19.6. The van der Waals surface area contributed by atoms with Crippen LogP contribution in [-0.2, 0) is 16.1 Å². The third-order valence-electron chi connectivity index (χ3n) is 3.52. The Balaban J connectivity index is 1.74. The molecule has 2 heterocycles. The van der Waals surface area contributed by atoms with Gasteiger partial charge in [-0.2, -0.15) is 10.2 Å². The molecule has 0 saturated heterocycles. The van der Waals surface area contributed by atoms with Gasteiger partial charge in [-0.3, -0.25) is 24.4 Å². The second-order valence-electron chi connectivity index (χ2n) is 5.44. The number of aromatic nitrogens is 4. The minimum atomic E-state index is -1.20. The second kappa shape index (κ2) is 8.55. The Labute approximate surface area is 152 Å². The number of nitro groups is 1. The molecule has 0 bridgehead atoms. The fourth-order valence-electron chi connectivity index (χ4n) is 2.18. The summed E-state index contributed by atoms with van der Waals surface area (Å²) in [7, 11) is 0. The third kappa shape index (κ3) is 5.10. The van der Waals surface area contributed by atoms with E-state index in [1.54, 1.807) is 0 Å². The van der Waals surface area contributed by atoms with Crippen molar-refractivity contribution in [3.63, 3.8) is 0 Å². The van der Waals surface area contributed by atoms with Crippen LogP contribution in [0.1, 0.15) is 23.5 Å². The Morgan fingerprint density at radius 3 is 2.63 bits per heavy atom. The van der Waals surface area contributed by atoms with Crippen molar-refractivity contribution < 1.29 is 24.4 Å². The standard InChI is InChI=1S/C14H17N7O6/c1-9(20-11(14(24)25)2-3-17-20)13(23)16-5-4-15-12(22)8-19-7-10(6-18-19)21(26)27/h2-3,6-7,9H,4-5,8H2,1H3,(H,15,22)(H,16,23)(H,24,25). The highest BCUT2D eigenvalue weighted by molar-refractivity contribution is 5.87. The van der Waals surface area contributed by atoms with Crippen LogP contribution in [0.4, 0.5) is 5.69 Å². The molecule has 2 amide bonds. The number of hydrogen-bond acceptors (Lipinski definition) is 7. The summed E-state index contributed by atoms with van der Waals surface area (Å²) in [6, 6.07) is 0.442. The lowest BCUT2D eigenvalue weighted by Crippen LogP contribution is -2.39. The van der Waals surface area contributed by atoms with E-state index in [1.165, 1.54) is 19.2 Å². The first-order chi connectivity index (χ1) is 12.8. The molecule has 0 spiro atoms. The number of rotatable bonds is 9. The Kier molecular flexibility index (Phi) is 6.19. The quantitative estimate of drug-likeness (QED) is 0.288. The average Bonchev–Trinajstić information content (AvgIpc) is 3.27. The van der Waals surface area contributed by atoms with E-state index in [1.807, 2.05) is 0 Å². The number of amides is 2. The van der Waals surface area contributed by atoms with Crippen molar-refractivity contribution >= 4 is 23.5 Å². The van der Waals surface area contributed by atoms with Gasteiger partial charge in [-0.15, -0.1) is 0 Å². The van der Waals surface area contributed by atoms with Crippen LogP contribution in [0.15, 0.2) is 24.7 Å². The molecule has 2 aromatic rings. The zero-order valence-corrected chi connectivity index (χ0v) is 14.2. The van der Waals surface area contributed by atoms with Crippen molar-refractivity contribution in [2.24, 2.45) is 0 Å². The maximum absolute atomic E-state index is 12.1. The van der Waals surface area contributed by atoms with Crippen molar-refractivity contribution in [3.8, 4) is 0 Å². The van der Waals surface area contributed by atoms with E-state index in [2.05, 4.69) is 20.8 Å². The Hall–Kier alpha value is -3.77. The van der Waals surface area contributed by atoms with Crippen molar-refractivity contribution in [1.82, 2.24) is 30.2 Å². The summed E-state index contributed by atoms with van der Waals surface area (Å²) in [6.45, 7) is 1.52. The van der Waals surface area contributed by atoms with Gasteiger partial charge in [-0.1, -0.05) is 0 Å². The van der Waals surface area contributed by atoms with E-state index < -0.39 is 28.7 Å². The number of carboxylic acid groups (broad SMARTS) is 1. The topological polar surface area (TPSA) is 174 Å². The SMILES string of the molecule is CC(C(=O)NCCNC(=O)Cn1cc([N+](=O)[O-])cn1)n1nccc1C(=O)O. The predicted molar refractivity (Wildman–Crippen MR) is 88.8 cm³/mol. The van der Waals surface area contributed by atoms with E-state index in [0.29, 0.717) is 0 Å². The number of nitrogens with zero attached hydrogens (tertiary/aromatic N) is 5. The molecular formula is C14H17N7O6. The number of carbonyl (C=O) groups is 3. The molecule has 2 rings (SSSR count). The summed E-state index contributed by atoms with van der Waals surface area (Å²) in [5.41, 5.74) is -0.331. The lowest BCUT2D eigenvalue weighted by molar-refractivity contribution is -0.385. The van der Waals surface area contributed by atoms with Crippen LogP contribution in [0.25, 0.3) is 0 Å². The minimum Gasteiger partial charge on any atom is -0.477 e. The van der Waals surface area contributed by atoms with Crippen LogP contribution in [0, 0.1) is 10.1 Å². The number of hydrogen-bond donors (Lipinski definition) is 3. The largest absolute Gasteiger partial charge is 0.477 e. The number of carbonyl (C=O) groups excluding carboxylic acids is 2. The maximum Gasteiger partial charge on any atom is 0.354 e. The molecule has 0 aliphatic carbocycles. The van der Waals surface area contributed by atoms with E-state index >= 15 is 0 Å². The molecule has 13 heteroatoms. The molecule has 144 valence electrons. The second-order valence-corrected chi connectivity index (χ2v) is 5.44. The molecule has 0 aliphatic heterocycles. The summed E-state index contributed by atoms with van der Waals surface area (Å²) in [4.78, 5) is 44.8. The third-order valence-corrected chi connectivity index (χ3v) is 3.52. The zero-order chi connectivity index (χ0) is 20.0. The van der Waals surface area contributed by atoms with Crippen LogP contribution in [0.5, 0.6) is 0 Å². The number of aromatic carboxylic acids is 1. The predicted octanol–water partition coefficient (Wildman–Crippen LogP) is -0.820. The van der Waals surface area contributed by atoms with Crippen molar-refractivity contribution in [3.05, 3.63) is 40.5 Å². The van der Waals surface area contributed by atoms with Crippen LogP contribution in [-0.4, -0.2) is 60.5 Å². The highest BCUT2D eigenvalue weighted by Gasteiger charge is 2.21. The van der Waals surface area contributed by atoms with Gasteiger partial charge in [0.1, 0.15) is 30.7 Å². The molecule has 27 heavy (non-hydrogen) atoms. The van der Waals surface area contributed by atoms with Gasteiger partial charge in [0.15, 0.2) is 0 Å². The van der Waals surface area contributed by atoms with E-state index in [4.69, 9.17) is 5.11 Å². The summed E-state index contributed by atoms with van der Waals surface area (Å²) in [5, 5.41) is 32.2. The van der Waals surface area contributed by atoms with Crippen LogP contribution >= 0.6 is 0 Å². The summed E-state index contributed by atoms with van der Waals surface area (Å²) >= 11 is 0. The molecule has 1 unspecified atom stereocenters. The van der Waals surface area contributed by atoms with E-state index in [-0.39, 0.29) is 31.0 Å². The van der Waals surface area contributed by atoms with E-state index in [9.17, 15) is 24.5 Å². The van der Waals surface area contributed by atoms with Crippen molar-refractivity contribution in [2.75, 3.05) is 13.1 Å². The van der Waals surface area contributed by atoms with Gasteiger partial charge in [0.2, 0.25) is 11.8 Å². The molecule has 0 radical (unpaired) electrons. The monoisotopic (exact) mass is 379 g/mol. The Morgan fingerprint density at radius 1 is 1.30 bits per heavy atom. The Bertz CT molecular complexity index is 858. The van der Waals surface area contributed by atoms with Gasteiger partial charge < -0.3 is 15.7 Å². The highest BCUT2D eigenvalue weighted by atomic mass is 16.6. The van der Waals surface area contributed by atoms with Crippen LogP contribution in [0.2, 0.25) is 0 Å². The fourth-order valence-corrected chi connectivity index (χ4v) is 2.18. The van der Waals surface area contributed by atoms with Gasteiger partial charge >= 0.3 is 11.7 Å². The van der Waals surface area contributed by atoms with Crippen molar-refractivity contribution in [1.29, 1.82) is 0 Å². The Morgan fingerprint density at radius 2 is 2.00 bits per heavy atom. The molecule has 0 saturated carbocycles. The minimum absolute atomic E-state index is 0.109. The van der Waals surface area contributed by atoms with Gasteiger partial charge in [0.25, 0.3) is 0 Å². The van der Waals surface area contributed by atoms with E-state index in [0.717, 1.165) is 21.8 Å². The van der Waals surface area contributed by atoms with Crippen molar-refractivity contribution in [2.45, 2.75) is 19.5 Å². The number of carboxylic acids is 1. The van der Waals surface area contributed by atoms with Gasteiger partial charge in [-0.25, -0.2) is 9.48 Å². The smallest absolute Gasteiger partial charge is 0.354 e. The molecule has 0 aliphatic rings. The summed E-state index contributed by atoms with van der Waals surface area (Å²) in [6.07, 6.45) is 3.45. The molecule has 2 aromatic heterocycles. The number of nitrogens with one attached hydrogen (secondary N) is 2. The molecule has 1 atom stereocenters. The highest BCUT2D eigenvalue weighted by Crippen LogP contribution is 2.09. The van der Waals surface area contributed by atoms with Gasteiger partial charge in [-0.05, 0) is 13.0 Å². The first-order valence-electron chi connectivity index (χ1n) is 7.77. The first-order valence-corrected chi connectivity index (χ1v) is 7.77. The molecule has 0 fully saturated rings. The lowest BCUT2D eigenvalue weighted by Gasteiger charge is -2.14. The van der Waals surface area contributed by atoms with Crippen LogP contribution in [0.3, 0.4) is 0 Å². The van der Waals surface area contributed by atoms with Crippen LogP contribution < -0.4 is 10.6 Å². The summed E-state index contributed by atoms with van der Waals surface area (Å²) in [5.74, 6) is -2.09. The zero-order valence-electron chi connectivity index (χ0n) is 14.2. The normalized spacial score (nSPS) is 11.6. The maximum atomic E-state index is 12.1.